The van der Waals surface area contributed by atoms with E-state index in [-0.39, 0.29) is 11.8 Å². The number of anilines is 1. The summed E-state index contributed by atoms with van der Waals surface area (Å²) in [5.41, 5.74) is 1.91. The number of hydrogen-bond acceptors (Lipinski definition) is 5. The normalized spacial score (nSPS) is 31.2. The Morgan fingerprint density at radius 1 is 1.15 bits per heavy atom. The summed E-state index contributed by atoms with van der Waals surface area (Å²) in [6.07, 6.45) is 4.90. The summed E-state index contributed by atoms with van der Waals surface area (Å²) in [4.78, 5) is 12.5. The van der Waals surface area contributed by atoms with E-state index in [0.29, 0.717) is 24.4 Å². The summed E-state index contributed by atoms with van der Waals surface area (Å²) < 4.78 is 1.61. The molecule has 2 aromatic rings. The minimum Gasteiger partial charge on any atom is -0.384 e. The highest BCUT2D eigenvalue weighted by Crippen LogP contribution is 2.39. The van der Waals surface area contributed by atoms with Gasteiger partial charge in [0.2, 0.25) is 5.91 Å². The smallest absolute Gasteiger partial charge is 0.225 e. The molecule has 2 aliphatic rings. The zero-order valence-electron chi connectivity index (χ0n) is 15.3. The third-order valence-electron chi connectivity index (χ3n) is 6.16. The van der Waals surface area contributed by atoms with Gasteiger partial charge in [-0.3, -0.25) is 4.79 Å². The number of nitrogens with zero attached hydrogens (tertiary/aromatic N) is 4. The maximum Gasteiger partial charge on any atom is 0.225 e. The molecule has 1 saturated heterocycles. The highest BCUT2D eigenvalue weighted by Gasteiger charge is 2.40. The number of hydrogen-bond donors (Lipinski definition) is 2. The van der Waals surface area contributed by atoms with Gasteiger partial charge in [-0.05, 0) is 71.7 Å². The van der Waals surface area contributed by atoms with Crippen LogP contribution >= 0.6 is 0 Å². The zero-order valence-corrected chi connectivity index (χ0v) is 15.3. The maximum atomic E-state index is 12.5. The zero-order chi connectivity index (χ0) is 18.1. The first-order chi connectivity index (χ1) is 12.6. The number of rotatable bonds is 4. The van der Waals surface area contributed by atoms with E-state index < -0.39 is 0 Å². The van der Waals surface area contributed by atoms with Crippen LogP contribution in [0.4, 0.5) is 5.69 Å². The van der Waals surface area contributed by atoms with Crippen molar-refractivity contribution in [1.29, 1.82) is 0 Å². The minimum absolute atomic E-state index is 0.0380. The van der Waals surface area contributed by atoms with Crippen molar-refractivity contribution in [1.82, 2.24) is 25.5 Å². The fourth-order valence-corrected chi connectivity index (χ4v) is 4.34. The Bertz CT molecular complexity index is 744. The van der Waals surface area contributed by atoms with Crippen molar-refractivity contribution in [2.45, 2.75) is 39.2 Å². The summed E-state index contributed by atoms with van der Waals surface area (Å²) in [7, 11) is 0. The molecule has 1 aliphatic carbocycles. The number of aromatic nitrogens is 4. The molecule has 7 heteroatoms. The summed E-state index contributed by atoms with van der Waals surface area (Å²) in [5.74, 6) is 2.30. The lowest BCUT2D eigenvalue weighted by molar-refractivity contribution is -0.130. The molecule has 0 bridgehead atoms. The molecule has 1 amide bonds. The van der Waals surface area contributed by atoms with Crippen molar-refractivity contribution < 1.29 is 4.79 Å². The van der Waals surface area contributed by atoms with Crippen molar-refractivity contribution in [2.24, 2.45) is 23.7 Å². The van der Waals surface area contributed by atoms with E-state index in [1.54, 1.807) is 11.0 Å². The number of fused-ring (bicyclic) bond motifs is 1. The molecule has 138 valence electrons. The van der Waals surface area contributed by atoms with E-state index in [9.17, 15) is 4.79 Å². The molecule has 2 fully saturated rings. The van der Waals surface area contributed by atoms with E-state index in [0.717, 1.165) is 30.1 Å². The highest BCUT2D eigenvalue weighted by molar-refractivity contribution is 5.80. The average molecular weight is 354 g/mol. The molecular formula is C19H26N6O. The van der Waals surface area contributed by atoms with Crippen LogP contribution in [-0.4, -0.2) is 38.7 Å². The first-order valence-electron chi connectivity index (χ1n) is 9.48. The van der Waals surface area contributed by atoms with E-state index in [1.807, 2.05) is 24.3 Å². The van der Waals surface area contributed by atoms with Crippen molar-refractivity contribution in [3.63, 3.8) is 0 Å². The van der Waals surface area contributed by atoms with Crippen molar-refractivity contribution in [3.05, 3.63) is 30.6 Å². The number of benzene rings is 1. The topological polar surface area (TPSA) is 84.7 Å². The van der Waals surface area contributed by atoms with Crippen LogP contribution < -0.4 is 10.6 Å². The molecule has 2 N–H and O–H groups in total. The quantitative estimate of drug-likeness (QED) is 0.880. The van der Waals surface area contributed by atoms with Gasteiger partial charge in [-0.1, -0.05) is 13.8 Å². The lowest BCUT2D eigenvalue weighted by atomic mass is 9.68. The Hall–Kier alpha value is -2.44. The van der Waals surface area contributed by atoms with Gasteiger partial charge in [-0.2, -0.15) is 0 Å². The van der Waals surface area contributed by atoms with Crippen molar-refractivity contribution in [2.75, 3.05) is 11.9 Å². The molecule has 0 spiro atoms. The Morgan fingerprint density at radius 2 is 1.92 bits per heavy atom. The Kier molecular flexibility index (Phi) is 4.61. The third kappa shape index (κ3) is 3.43. The lowest BCUT2D eigenvalue weighted by Crippen LogP contribution is -2.54. The van der Waals surface area contributed by atoms with E-state index in [2.05, 4.69) is 40.0 Å². The summed E-state index contributed by atoms with van der Waals surface area (Å²) in [5, 5.41) is 17.9. The van der Waals surface area contributed by atoms with Crippen LogP contribution in [-0.2, 0) is 4.79 Å². The van der Waals surface area contributed by atoms with Gasteiger partial charge in [-0.25, -0.2) is 4.68 Å². The van der Waals surface area contributed by atoms with Crippen LogP contribution in [0.2, 0.25) is 0 Å². The molecule has 0 radical (unpaired) electrons. The molecule has 2 heterocycles. The van der Waals surface area contributed by atoms with Crippen LogP contribution in [0.25, 0.3) is 5.69 Å². The SMILES string of the molecule is CC1CC2CC(CNc3ccc(-n4cnnn4)cc3)C(=O)NC2CC1C. The van der Waals surface area contributed by atoms with Crippen LogP contribution in [0.1, 0.15) is 33.1 Å². The number of carbonyl (C=O) groups is 1. The van der Waals surface area contributed by atoms with Crippen LogP contribution in [0.15, 0.2) is 30.6 Å². The fraction of sp³-hybridized carbons (Fsp3) is 0.579. The van der Waals surface area contributed by atoms with Gasteiger partial charge < -0.3 is 10.6 Å². The molecule has 4 rings (SSSR count). The summed E-state index contributed by atoms with van der Waals surface area (Å²) in [6.45, 7) is 5.32. The first-order valence-corrected chi connectivity index (χ1v) is 9.48. The second-order valence-electron chi connectivity index (χ2n) is 7.92. The van der Waals surface area contributed by atoms with E-state index in [1.165, 1.54) is 6.42 Å². The van der Waals surface area contributed by atoms with Gasteiger partial charge in [0.15, 0.2) is 0 Å². The Labute approximate surface area is 153 Å². The Morgan fingerprint density at radius 3 is 2.65 bits per heavy atom. The summed E-state index contributed by atoms with van der Waals surface area (Å²) in [6, 6.07) is 8.27. The number of tetrazole rings is 1. The largest absolute Gasteiger partial charge is 0.384 e. The van der Waals surface area contributed by atoms with Gasteiger partial charge in [0.05, 0.1) is 11.6 Å². The van der Waals surface area contributed by atoms with E-state index >= 15 is 0 Å². The monoisotopic (exact) mass is 354 g/mol. The standard InChI is InChI=1S/C19H26N6O/c1-12-7-14-9-15(19(26)22-18(14)8-13(12)2)10-20-16-3-5-17(6-4-16)25-11-21-23-24-25/h3-6,11-15,18,20H,7-10H2,1-2H3,(H,22,26). The molecule has 1 aliphatic heterocycles. The predicted molar refractivity (Wildman–Crippen MR) is 98.7 cm³/mol. The molecule has 1 aromatic carbocycles. The van der Waals surface area contributed by atoms with Crippen molar-refractivity contribution in [3.8, 4) is 5.69 Å². The molecule has 5 atom stereocenters. The second kappa shape index (κ2) is 7.05. The molecular weight excluding hydrogens is 328 g/mol. The second-order valence-corrected chi connectivity index (χ2v) is 7.92. The number of carbonyl (C=O) groups excluding carboxylic acids is 1. The first kappa shape index (κ1) is 17.0. The van der Waals surface area contributed by atoms with Gasteiger partial charge >= 0.3 is 0 Å². The van der Waals surface area contributed by atoms with Crippen LogP contribution in [0, 0.1) is 23.7 Å². The molecule has 5 unspecified atom stereocenters. The number of nitrogens with one attached hydrogen (secondary N) is 2. The van der Waals surface area contributed by atoms with Crippen molar-refractivity contribution >= 4 is 11.6 Å². The fourth-order valence-electron chi connectivity index (χ4n) is 4.34. The third-order valence-corrected chi connectivity index (χ3v) is 6.16. The lowest BCUT2D eigenvalue weighted by Gasteiger charge is -2.44. The molecule has 26 heavy (non-hydrogen) atoms. The number of piperidine rings is 1. The van der Waals surface area contributed by atoms with Gasteiger partial charge in [-0.15, -0.1) is 5.10 Å². The number of amides is 1. The Balaban J connectivity index is 1.35. The maximum absolute atomic E-state index is 12.5. The molecule has 1 saturated carbocycles. The summed E-state index contributed by atoms with van der Waals surface area (Å²) >= 11 is 0. The molecule has 1 aromatic heterocycles. The van der Waals surface area contributed by atoms with Gasteiger partial charge in [0.25, 0.3) is 0 Å². The molecule has 7 nitrogen and oxygen atoms in total. The van der Waals surface area contributed by atoms with Gasteiger partial charge in [0, 0.05) is 18.3 Å². The highest BCUT2D eigenvalue weighted by atomic mass is 16.2. The predicted octanol–water partition coefficient (Wildman–Crippen LogP) is 2.26. The van der Waals surface area contributed by atoms with E-state index in [4.69, 9.17) is 0 Å². The minimum atomic E-state index is 0.0380. The van der Waals surface area contributed by atoms with Gasteiger partial charge in [0.1, 0.15) is 6.33 Å². The average Bonchev–Trinajstić information content (AvgIpc) is 3.17. The van der Waals surface area contributed by atoms with Crippen LogP contribution in [0.5, 0.6) is 0 Å². The van der Waals surface area contributed by atoms with Crippen LogP contribution in [0.3, 0.4) is 0 Å².